The van der Waals surface area contributed by atoms with Crippen molar-refractivity contribution in [2.24, 2.45) is 5.92 Å². The van der Waals surface area contributed by atoms with Gasteiger partial charge in [-0.1, -0.05) is 0 Å². The number of ketones is 1. The number of nitrogens with zero attached hydrogens (tertiary/aromatic N) is 5. The van der Waals surface area contributed by atoms with Crippen LogP contribution < -0.4 is 9.64 Å². The number of Topliss-reactive ketones (excluding diaryl/α,β-unsaturated/α-hetero) is 1. The molecule has 5 rings (SSSR count). The number of hydrogen-bond donors (Lipinski definition) is 0. The van der Waals surface area contributed by atoms with E-state index in [1.54, 1.807) is 7.11 Å². The van der Waals surface area contributed by atoms with Gasteiger partial charge in [-0.2, -0.15) is 0 Å². The molecule has 1 saturated heterocycles. The molecule has 3 aromatic rings. The fourth-order valence-electron chi connectivity index (χ4n) is 4.02. The molecule has 0 bridgehead atoms. The number of ether oxygens (including phenoxy) is 1. The van der Waals surface area contributed by atoms with E-state index in [4.69, 9.17) is 4.74 Å². The smallest absolute Gasteiger partial charge is 0.203 e. The van der Waals surface area contributed by atoms with Gasteiger partial charge in [0.1, 0.15) is 11.6 Å². The van der Waals surface area contributed by atoms with Crippen LogP contribution in [0.25, 0.3) is 5.65 Å². The summed E-state index contributed by atoms with van der Waals surface area (Å²) in [4.78, 5) is 19.6. The zero-order valence-corrected chi connectivity index (χ0v) is 15.9. The summed E-state index contributed by atoms with van der Waals surface area (Å²) in [5, 5.41) is 8.79. The summed E-state index contributed by atoms with van der Waals surface area (Å²) in [6.07, 6.45) is 7.79. The summed E-state index contributed by atoms with van der Waals surface area (Å²) in [5.74, 6) is 3.49. The third-order valence-electron chi connectivity index (χ3n) is 5.82. The van der Waals surface area contributed by atoms with Crippen molar-refractivity contribution in [1.29, 1.82) is 0 Å². The van der Waals surface area contributed by atoms with Crippen LogP contribution in [0.5, 0.6) is 5.75 Å². The Hall–Kier alpha value is -2.96. The maximum atomic E-state index is 12.8. The SMILES string of the molecule is COc1ccc(C(=O)C2CCN(c3nccn4c(C5CC5)nnc34)CC2)cc1. The van der Waals surface area contributed by atoms with Crippen LogP contribution in [0, 0.1) is 5.92 Å². The fourth-order valence-corrected chi connectivity index (χ4v) is 4.02. The van der Waals surface area contributed by atoms with Crippen LogP contribution in [-0.4, -0.2) is 45.6 Å². The number of fused-ring (bicyclic) bond motifs is 1. The van der Waals surface area contributed by atoms with Crippen molar-refractivity contribution in [3.63, 3.8) is 0 Å². The molecule has 7 heteroatoms. The van der Waals surface area contributed by atoms with Gasteiger partial charge < -0.3 is 9.64 Å². The molecule has 0 N–H and O–H groups in total. The normalized spacial score (nSPS) is 17.8. The zero-order chi connectivity index (χ0) is 19.1. The Kier molecular flexibility index (Phi) is 4.22. The Morgan fingerprint density at radius 2 is 1.82 bits per heavy atom. The van der Waals surface area contributed by atoms with Gasteiger partial charge in [-0.3, -0.25) is 9.20 Å². The number of benzene rings is 1. The van der Waals surface area contributed by atoms with E-state index in [0.717, 1.165) is 54.5 Å². The molecule has 7 nitrogen and oxygen atoms in total. The number of carbonyl (C=O) groups excluding carboxylic acids is 1. The van der Waals surface area contributed by atoms with Gasteiger partial charge in [0.2, 0.25) is 5.65 Å². The Labute approximate surface area is 163 Å². The third kappa shape index (κ3) is 3.00. The van der Waals surface area contributed by atoms with Crippen molar-refractivity contribution in [3.8, 4) is 5.75 Å². The van der Waals surface area contributed by atoms with Gasteiger partial charge in [-0.25, -0.2) is 4.98 Å². The molecule has 1 aromatic carbocycles. The number of methoxy groups -OCH3 is 1. The highest BCUT2D eigenvalue weighted by molar-refractivity contribution is 5.98. The van der Waals surface area contributed by atoms with Crippen molar-refractivity contribution in [3.05, 3.63) is 48.0 Å². The number of aromatic nitrogens is 4. The molecule has 2 fully saturated rings. The van der Waals surface area contributed by atoms with E-state index in [1.807, 2.05) is 36.7 Å². The predicted octanol–water partition coefficient (Wildman–Crippen LogP) is 3.11. The molecule has 1 saturated carbocycles. The Balaban J connectivity index is 1.30. The quantitative estimate of drug-likeness (QED) is 0.636. The first-order chi connectivity index (χ1) is 13.7. The van der Waals surface area contributed by atoms with Crippen LogP contribution in [0.3, 0.4) is 0 Å². The van der Waals surface area contributed by atoms with Crippen molar-refractivity contribution in [2.75, 3.05) is 25.1 Å². The van der Waals surface area contributed by atoms with Crippen molar-refractivity contribution >= 4 is 17.2 Å². The number of carbonyl (C=O) groups is 1. The van der Waals surface area contributed by atoms with Crippen molar-refractivity contribution in [2.45, 2.75) is 31.6 Å². The molecule has 0 amide bonds. The van der Waals surface area contributed by atoms with Crippen LogP contribution in [0.4, 0.5) is 5.82 Å². The Morgan fingerprint density at radius 3 is 2.50 bits per heavy atom. The lowest BCUT2D eigenvalue weighted by Gasteiger charge is -2.32. The molecule has 28 heavy (non-hydrogen) atoms. The molecule has 2 aromatic heterocycles. The average molecular weight is 377 g/mol. The Bertz CT molecular complexity index is 1000. The molecular weight excluding hydrogens is 354 g/mol. The number of piperidine rings is 1. The van der Waals surface area contributed by atoms with E-state index in [-0.39, 0.29) is 11.7 Å². The van der Waals surface area contributed by atoms with Gasteiger partial charge in [0.15, 0.2) is 11.6 Å². The van der Waals surface area contributed by atoms with Gasteiger partial charge in [0.05, 0.1) is 7.11 Å². The number of hydrogen-bond acceptors (Lipinski definition) is 6. The second-order valence-electron chi connectivity index (χ2n) is 7.63. The van der Waals surface area contributed by atoms with Crippen LogP contribution in [0.15, 0.2) is 36.7 Å². The molecule has 2 aliphatic rings. The molecule has 0 radical (unpaired) electrons. The summed E-state index contributed by atoms with van der Waals surface area (Å²) >= 11 is 0. The van der Waals surface area contributed by atoms with Crippen LogP contribution in [0.2, 0.25) is 0 Å². The highest BCUT2D eigenvalue weighted by Gasteiger charge is 2.31. The minimum Gasteiger partial charge on any atom is -0.497 e. The topological polar surface area (TPSA) is 72.6 Å². The van der Waals surface area contributed by atoms with Gasteiger partial charge >= 0.3 is 0 Å². The lowest BCUT2D eigenvalue weighted by atomic mass is 9.89. The minimum absolute atomic E-state index is 0.0456. The molecule has 1 aliphatic carbocycles. The van der Waals surface area contributed by atoms with Crippen LogP contribution >= 0.6 is 0 Å². The molecule has 0 unspecified atom stereocenters. The summed E-state index contributed by atoms with van der Waals surface area (Å²) in [5.41, 5.74) is 1.58. The second kappa shape index (κ2) is 6.89. The van der Waals surface area contributed by atoms with Gasteiger partial charge in [0.25, 0.3) is 0 Å². The van der Waals surface area contributed by atoms with E-state index in [1.165, 1.54) is 12.8 Å². The Morgan fingerprint density at radius 1 is 1.07 bits per heavy atom. The summed E-state index contributed by atoms with van der Waals surface area (Å²) in [6.45, 7) is 1.59. The maximum absolute atomic E-state index is 12.8. The standard InChI is InChI=1S/C21H23N5O2/c1-28-17-6-4-14(5-7-17)18(27)15-8-11-25(12-9-15)20-21-24-23-19(16-2-3-16)26(21)13-10-22-20/h4-7,10,13,15-16H,2-3,8-9,11-12H2,1H3. The van der Waals surface area contributed by atoms with Gasteiger partial charge in [0, 0.05) is 42.9 Å². The van der Waals surface area contributed by atoms with Crippen molar-refractivity contribution < 1.29 is 9.53 Å². The molecule has 0 atom stereocenters. The molecule has 0 spiro atoms. The summed E-state index contributed by atoms with van der Waals surface area (Å²) in [7, 11) is 1.63. The van der Waals surface area contributed by atoms with Crippen LogP contribution in [-0.2, 0) is 0 Å². The number of anilines is 1. The lowest BCUT2D eigenvalue weighted by Crippen LogP contribution is -2.37. The summed E-state index contributed by atoms with van der Waals surface area (Å²) in [6, 6.07) is 7.39. The first kappa shape index (κ1) is 17.2. The van der Waals surface area contributed by atoms with Gasteiger partial charge in [-0.05, 0) is 49.9 Å². The fraction of sp³-hybridized carbons (Fsp3) is 0.429. The highest BCUT2D eigenvalue weighted by atomic mass is 16.5. The predicted molar refractivity (Wildman–Crippen MR) is 105 cm³/mol. The molecule has 1 aliphatic heterocycles. The van der Waals surface area contributed by atoms with E-state index >= 15 is 0 Å². The van der Waals surface area contributed by atoms with E-state index in [9.17, 15) is 4.79 Å². The van der Waals surface area contributed by atoms with E-state index < -0.39 is 0 Å². The minimum atomic E-state index is 0.0456. The van der Waals surface area contributed by atoms with E-state index in [0.29, 0.717) is 5.92 Å². The molecular formula is C21H23N5O2. The number of rotatable bonds is 5. The van der Waals surface area contributed by atoms with Crippen molar-refractivity contribution in [1.82, 2.24) is 19.6 Å². The molecule has 144 valence electrons. The van der Waals surface area contributed by atoms with Gasteiger partial charge in [-0.15, -0.1) is 10.2 Å². The maximum Gasteiger partial charge on any atom is 0.203 e. The summed E-state index contributed by atoms with van der Waals surface area (Å²) < 4.78 is 7.25. The zero-order valence-electron chi connectivity index (χ0n) is 15.9. The highest BCUT2D eigenvalue weighted by Crippen LogP contribution is 2.39. The molecule has 3 heterocycles. The largest absolute Gasteiger partial charge is 0.497 e. The van der Waals surface area contributed by atoms with Crippen LogP contribution in [0.1, 0.15) is 47.8 Å². The average Bonchev–Trinajstić information content (AvgIpc) is 3.51. The first-order valence-electron chi connectivity index (χ1n) is 9.87. The van der Waals surface area contributed by atoms with E-state index in [2.05, 4.69) is 24.5 Å². The lowest BCUT2D eigenvalue weighted by molar-refractivity contribution is 0.0900. The second-order valence-corrected chi connectivity index (χ2v) is 7.63. The monoisotopic (exact) mass is 377 g/mol. The first-order valence-corrected chi connectivity index (χ1v) is 9.87. The third-order valence-corrected chi connectivity index (χ3v) is 5.82.